The number of aromatic nitrogens is 1. The van der Waals surface area contributed by atoms with E-state index < -0.39 is 11.8 Å². The Bertz CT molecular complexity index is 1080. The summed E-state index contributed by atoms with van der Waals surface area (Å²) in [7, 11) is 0. The highest BCUT2D eigenvalue weighted by Crippen LogP contribution is 2.29. The number of pyridine rings is 1. The molecule has 0 atom stereocenters. The molecule has 28 heavy (non-hydrogen) atoms. The van der Waals surface area contributed by atoms with Crippen molar-refractivity contribution in [1.82, 2.24) is 10.3 Å². The van der Waals surface area contributed by atoms with Crippen molar-refractivity contribution in [2.45, 2.75) is 6.54 Å². The topological polar surface area (TPSA) is 79.4 Å². The summed E-state index contributed by atoms with van der Waals surface area (Å²) in [5.74, 6) is -1.15. The van der Waals surface area contributed by atoms with Crippen LogP contribution in [0.1, 0.15) is 36.6 Å². The summed E-state index contributed by atoms with van der Waals surface area (Å²) in [6, 6.07) is 15.1. The van der Waals surface area contributed by atoms with E-state index in [1.54, 1.807) is 54.9 Å². The zero-order valence-corrected chi connectivity index (χ0v) is 16.1. The monoisotopic (exact) mass is 435 g/mol. The molecule has 0 spiro atoms. The van der Waals surface area contributed by atoms with Crippen molar-refractivity contribution >= 4 is 39.3 Å². The maximum absolute atomic E-state index is 12.8. The van der Waals surface area contributed by atoms with Crippen molar-refractivity contribution in [1.29, 1.82) is 0 Å². The van der Waals surface area contributed by atoms with E-state index in [1.807, 2.05) is 0 Å². The van der Waals surface area contributed by atoms with Crippen LogP contribution in [-0.2, 0) is 6.54 Å². The predicted molar refractivity (Wildman–Crippen MR) is 107 cm³/mol. The highest BCUT2D eigenvalue weighted by atomic mass is 79.9. The van der Waals surface area contributed by atoms with E-state index >= 15 is 0 Å². The number of carbonyl (C=O) groups excluding carboxylic acids is 3. The fourth-order valence-electron chi connectivity index (χ4n) is 2.99. The highest BCUT2D eigenvalue weighted by molar-refractivity contribution is 9.10. The predicted octanol–water partition coefficient (Wildman–Crippen LogP) is 3.57. The second kappa shape index (κ2) is 7.36. The van der Waals surface area contributed by atoms with E-state index in [1.165, 1.54) is 12.1 Å². The maximum Gasteiger partial charge on any atom is 0.266 e. The molecule has 6 nitrogen and oxygen atoms in total. The molecule has 3 aromatic rings. The van der Waals surface area contributed by atoms with Crippen LogP contribution in [0, 0.1) is 0 Å². The Morgan fingerprint density at radius 3 is 2.32 bits per heavy atom. The molecule has 0 radical (unpaired) electrons. The molecule has 2 heterocycles. The molecule has 2 aromatic carbocycles. The summed E-state index contributed by atoms with van der Waals surface area (Å²) in [5, 5.41) is 2.80. The van der Waals surface area contributed by atoms with E-state index in [2.05, 4.69) is 26.2 Å². The van der Waals surface area contributed by atoms with E-state index in [0.717, 1.165) is 14.9 Å². The fourth-order valence-corrected chi connectivity index (χ4v) is 3.26. The third kappa shape index (κ3) is 3.32. The van der Waals surface area contributed by atoms with Gasteiger partial charge in [-0.25, -0.2) is 4.90 Å². The number of hydrogen-bond donors (Lipinski definition) is 1. The smallest absolute Gasteiger partial charge is 0.266 e. The largest absolute Gasteiger partial charge is 0.348 e. The molecule has 1 aromatic heterocycles. The van der Waals surface area contributed by atoms with Gasteiger partial charge in [0.25, 0.3) is 17.7 Å². The van der Waals surface area contributed by atoms with E-state index in [9.17, 15) is 14.4 Å². The Kier molecular flexibility index (Phi) is 4.75. The van der Waals surface area contributed by atoms with Gasteiger partial charge in [0.1, 0.15) is 0 Å². The van der Waals surface area contributed by atoms with Crippen molar-refractivity contribution in [2.24, 2.45) is 0 Å². The minimum absolute atomic E-state index is 0.226. The van der Waals surface area contributed by atoms with Crippen LogP contribution in [0.2, 0.25) is 0 Å². The summed E-state index contributed by atoms with van der Waals surface area (Å²) in [6.45, 7) is 0.344. The number of nitrogens with zero attached hydrogens (tertiary/aromatic N) is 2. The van der Waals surface area contributed by atoms with Gasteiger partial charge in [-0.05, 0) is 60.2 Å². The molecule has 1 aliphatic heterocycles. The molecule has 7 heteroatoms. The zero-order chi connectivity index (χ0) is 19.7. The lowest BCUT2D eigenvalue weighted by molar-refractivity contribution is 0.0923. The fraction of sp³-hybridized carbons (Fsp3) is 0.0476. The Hall–Kier alpha value is -3.32. The number of carbonyl (C=O) groups is 3. The Labute approximate surface area is 169 Å². The first-order valence-corrected chi connectivity index (χ1v) is 9.29. The molecule has 0 saturated carbocycles. The molecule has 1 aliphatic rings. The number of nitrogens with one attached hydrogen (secondary N) is 1. The summed E-state index contributed by atoms with van der Waals surface area (Å²) in [4.78, 5) is 43.0. The van der Waals surface area contributed by atoms with Gasteiger partial charge in [-0.15, -0.1) is 0 Å². The van der Waals surface area contributed by atoms with Crippen LogP contribution in [0.3, 0.4) is 0 Å². The first-order chi connectivity index (χ1) is 13.5. The molecule has 0 fully saturated rings. The standard InChI is InChI=1S/C21H14BrN3O3/c22-15-2-4-16(5-3-15)25-20(27)17-6-1-14(11-18(17)21(25)28)19(26)24-12-13-7-9-23-10-8-13/h1-11H,12H2,(H,24,26). The second-order valence-electron chi connectivity index (χ2n) is 6.22. The average Bonchev–Trinajstić information content (AvgIpc) is 2.97. The number of imide groups is 1. The van der Waals surface area contributed by atoms with Crippen molar-refractivity contribution in [3.8, 4) is 0 Å². The highest BCUT2D eigenvalue weighted by Gasteiger charge is 2.37. The van der Waals surface area contributed by atoms with Crippen LogP contribution in [0.15, 0.2) is 71.5 Å². The molecule has 0 unspecified atom stereocenters. The van der Waals surface area contributed by atoms with Gasteiger partial charge >= 0.3 is 0 Å². The van der Waals surface area contributed by atoms with Gasteiger partial charge in [-0.3, -0.25) is 19.4 Å². The quantitative estimate of drug-likeness (QED) is 0.635. The van der Waals surface area contributed by atoms with Crippen LogP contribution >= 0.6 is 15.9 Å². The molecule has 0 bridgehead atoms. The molecular weight excluding hydrogens is 422 g/mol. The summed E-state index contributed by atoms with van der Waals surface area (Å²) >= 11 is 3.33. The molecule has 0 saturated heterocycles. The minimum Gasteiger partial charge on any atom is -0.348 e. The normalized spacial score (nSPS) is 12.8. The van der Waals surface area contributed by atoms with E-state index in [-0.39, 0.29) is 11.5 Å². The number of amides is 3. The van der Waals surface area contributed by atoms with Crippen LogP contribution in [0.4, 0.5) is 5.69 Å². The third-order valence-corrected chi connectivity index (χ3v) is 4.96. The maximum atomic E-state index is 12.8. The summed E-state index contributed by atoms with van der Waals surface area (Å²) in [6.07, 6.45) is 3.30. The third-order valence-electron chi connectivity index (χ3n) is 4.44. The van der Waals surface area contributed by atoms with Gasteiger partial charge in [0.2, 0.25) is 0 Å². The molecule has 0 aliphatic carbocycles. The molecular formula is C21H14BrN3O3. The molecule has 4 rings (SSSR count). The summed E-state index contributed by atoms with van der Waals surface area (Å²) < 4.78 is 0.848. The first kappa shape index (κ1) is 18.1. The average molecular weight is 436 g/mol. The van der Waals surface area contributed by atoms with Gasteiger partial charge in [-0.2, -0.15) is 0 Å². The van der Waals surface area contributed by atoms with Crippen LogP contribution in [0.25, 0.3) is 0 Å². The van der Waals surface area contributed by atoms with Crippen LogP contribution in [-0.4, -0.2) is 22.7 Å². The van der Waals surface area contributed by atoms with Crippen molar-refractivity contribution < 1.29 is 14.4 Å². The van der Waals surface area contributed by atoms with E-state index in [0.29, 0.717) is 23.4 Å². The summed E-state index contributed by atoms with van der Waals surface area (Å²) in [5.41, 5.74) is 2.24. The Morgan fingerprint density at radius 2 is 1.61 bits per heavy atom. The van der Waals surface area contributed by atoms with Crippen LogP contribution < -0.4 is 10.2 Å². The lowest BCUT2D eigenvalue weighted by atomic mass is 10.1. The van der Waals surface area contributed by atoms with Gasteiger partial charge in [0.05, 0.1) is 16.8 Å². The number of benzene rings is 2. The SMILES string of the molecule is O=C(NCc1ccncc1)c1ccc2c(c1)C(=O)N(c1ccc(Br)cc1)C2=O. The Balaban J connectivity index is 1.56. The second-order valence-corrected chi connectivity index (χ2v) is 7.14. The lowest BCUT2D eigenvalue weighted by Gasteiger charge is -2.13. The number of rotatable bonds is 4. The number of fused-ring (bicyclic) bond motifs is 1. The van der Waals surface area contributed by atoms with Gasteiger partial charge in [0, 0.05) is 29.0 Å². The zero-order valence-electron chi connectivity index (χ0n) is 14.6. The van der Waals surface area contributed by atoms with Gasteiger partial charge in [0.15, 0.2) is 0 Å². The molecule has 1 N–H and O–H groups in total. The van der Waals surface area contributed by atoms with Crippen molar-refractivity contribution in [3.63, 3.8) is 0 Å². The lowest BCUT2D eigenvalue weighted by Crippen LogP contribution is -2.29. The van der Waals surface area contributed by atoms with Crippen molar-refractivity contribution in [2.75, 3.05) is 4.90 Å². The van der Waals surface area contributed by atoms with Gasteiger partial charge in [-0.1, -0.05) is 15.9 Å². The number of hydrogen-bond acceptors (Lipinski definition) is 4. The molecule has 3 amide bonds. The Morgan fingerprint density at radius 1 is 0.929 bits per heavy atom. The molecule has 138 valence electrons. The van der Waals surface area contributed by atoms with Gasteiger partial charge < -0.3 is 5.32 Å². The van der Waals surface area contributed by atoms with E-state index in [4.69, 9.17) is 0 Å². The number of anilines is 1. The first-order valence-electron chi connectivity index (χ1n) is 8.50. The number of halogens is 1. The van der Waals surface area contributed by atoms with Crippen molar-refractivity contribution in [3.05, 3.63) is 93.7 Å². The van der Waals surface area contributed by atoms with Crippen LogP contribution in [0.5, 0.6) is 0 Å². The minimum atomic E-state index is -0.439.